The molecule has 3 aliphatic rings. The third-order valence-corrected chi connectivity index (χ3v) is 8.13. The van der Waals surface area contributed by atoms with Crippen LogP contribution in [-0.2, 0) is 27.9 Å². The Bertz CT molecular complexity index is 1250. The van der Waals surface area contributed by atoms with E-state index in [1.54, 1.807) is 4.90 Å². The molecule has 1 aromatic heterocycles. The van der Waals surface area contributed by atoms with Crippen molar-refractivity contribution in [2.75, 3.05) is 32.4 Å². The highest BCUT2D eigenvalue weighted by molar-refractivity contribution is 7.89. The number of aromatic nitrogens is 2. The maximum atomic E-state index is 15.1. The van der Waals surface area contributed by atoms with Crippen molar-refractivity contribution in [3.8, 4) is 0 Å². The summed E-state index contributed by atoms with van der Waals surface area (Å²) in [6.45, 7) is 1.19. The highest BCUT2D eigenvalue weighted by Gasteiger charge is 2.44. The zero-order valence-electron chi connectivity index (χ0n) is 19.9. The maximum Gasteiger partial charge on any atom is 0.250 e. The van der Waals surface area contributed by atoms with E-state index in [0.29, 0.717) is 31.7 Å². The number of hydrogen-bond donors (Lipinski definition) is 1. The molecule has 1 amide bonds. The fourth-order valence-electron chi connectivity index (χ4n) is 5.60. The molecule has 9 nitrogen and oxygen atoms in total. The van der Waals surface area contributed by atoms with Gasteiger partial charge in [0.25, 0.3) is 10.0 Å². The molecule has 0 saturated carbocycles. The Morgan fingerprint density at radius 2 is 2.00 bits per heavy atom. The summed E-state index contributed by atoms with van der Waals surface area (Å²) in [7, 11) is -3.53. The van der Waals surface area contributed by atoms with Gasteiger partial charge >= 0.3 is 0 Å². The first-order valence-corrected chi connectivity index (χ1v) is 13.7. The van der Waals surface area contributed by atoms with Gasteiger partial charge in [-0.3, -0.25) is 14.6 Å². The number of hydrogen-bond acceptors (Lipinski definition) is 7. The first-order valence-electron chi connectivity index (χ1n) is 11.9. The molecule has 0 aliphatic carbocycles. The molecule has 0 radical (unpaired) electrons. The van der Waals surface area contributed by atoms with E-state index < -0.39 is 39.9 Å². The van der Waals surface area contributed by atoms with Gasteiger partial charge in [0, 0.05) is 55.6 Å². The van der Waals surface area contributed by atoms with Crippen molar-refractivity contribution >= 4 is 15.9 Å². The number of benzene rings is 1. The molecule has 2 N–H and O–H groups in total. The average Bonchev–Trinajstić information content (AvgIpc) is 3.49. The van der Waals surface area contributed by atoms with Crippen LogP contribution in [-0.4, -0.2) is 88.9 Å². The zero-order valence-corrected chi connectivity index (χ0v) is 20.7. The third-order valence-electron chi connectivity index (χ3n) is 7.26. The van der Waals surface area contributed by atoms with Crippen LogP contribution in [0.2, 0.25) is 0 Å². The van der Waals surface area contributed by atoms with Crippen LogP contribution in [0, 0.1) is 11.6 Å². The van der Waals surface area contributed by atoms with E-state index in [1.165, 1.54) is 11.1 Å². The molecule has 3 unspecified atom stereocenters. The van der Waals surface area contributed by atoms with Gasteiger partial charge in [-0.15, -0.1) is 0 Å². The number of fused-ring (bicyclic) bond motifs is 1. The fourth-order valence-corrected chi connectivity index (χ4v) is 6.17. The molecule has 0 spiro atoms. The average molecular weight is 527 g/mol. The number of carbonyl (C=O) groups is 1. The summed E-state index contributed by atoms with van der Waals surface area (Å²) in [6.07, 6.45) is 2.21. The summed E-state index contributed by atoms with van der Waals surface area (Å²) < 4.78 is 67.8. The normalized spacial score (nSPS) is 27.5. The summed E-state index contributed by atoms with van der Waals surface area (Å²) in [5.41, 5.74) is 7.82. The summed E-state index contributed by atoms with van der Waals surface area (Å²) in [5.74, 6) is -1.47. The Kier molecular flexibility index (Phi) is 6.60. The van der Waals surface area contributed by atoms with Gasteiger partial charge in [0.1, 0.15) is 17.8 Å². The molecule has 196 valence electrons. The summed E-state index contributed by atoms with van der Waals surface area (Å²) >= 11 is 0. The molecule has 2 saturated heterocycles. The van der Waals surface area contributed by atoms with Gasteiger partial charge < -0.3 is 10.6 Å². The lowest BCUT2D eigenvalue weighted by Gasteiger charge is -2.47. The van der Waals surface area contributed by atoms with E-state index in [-0.39, 0.29) is 43.6 Å². The quantitative estimate of drug-likeness (QED) is 0.620. The molecule has 5 rings (SSSR count). The van der Waals surface area contributed by atoms with Crippen molar-refractivity contribution in [2.24, 2.45) is 5.73 Å². The minimum Gasteiger partial charge on any atom is -0.339 e. The molecular weight excluding hydrogens is 497 g/mol. The van der Waals surface area contributed by atoms with Gasteiger partial charge in [0.2, 0.25) is 5.91 Å². The third kappa shape index (κ3) is 4.89. The minimum absolute atomic E-state index is 0.0259. The first kappa shape index (κ1) is 25.2. The van der Waals surface area contributed by atoms with Crippen molar-refractivity contribution in [1.29, 1.82) is 0 Å². The second kappa shape index (κ2) is 9.43. The van der Waals surface area contributed by atoms with Crippen molar-refractivity contribution in [3.05, 3.63) is 52.9 Å². The fraction of sp³-hybridized carbons (Fsp3) is 0.565. The number of nitrogens with zero attached hydrogens (tertiary/aromatic N) is 5. The van der Waals surface area contributed by atoms with Crippen molar-refractivity contribution in [3.63, 3.8) is 0 Å². The Morgan fingerprint density at radius 1 is 1.22 bits per heavy atom. The van der Waals surface area contributed by atoms with E-state index in [0.717, 1.165) is 34.1 Å². The molecule has 2 fully saturated rings. The maximum absolute atomic E-state index is 15.1. The number of piperidine rings is 1. The molecule has 0 bridgehead atoms. The summed E-state index contributed by atoms with van der Waals surface area (Å²) in [6, 6.07) is 1.83. The zero-order chi connectivity index (χ0) is 25.8. The number of alkyl halides is 1. The van der Waals surface area contributed by atoms with Crippen LogP contribution in [0.1, 0.15) is 35.7 Å². The Morgan fingerprint density at radius 3 is 2.67 bits per heavy atom. The van der Waals surface area contributed by atoms with Crippen LogP contribution in [0.5, 0.6) is 0 Å². The minimum atomic E-state index is -3.53. The van der Waals surface area contributed by atoms with Gasteiger partial charge in [0.15, 0.2) is 0 Å². The van der Waals surface area contributed by atoms with Crippen LogP contribution < -0.4 is 5.73 Å². The molecule has 13 heteroatoms. The van der Waals surface area contributed by atoms with E-state index >= 15 is 4.39 Å². The molecular formula is C23H29F3N6O3S. The molecule has 3 aliphatic heterocycles. The number of amides is 1. The van der Waals surface area contributed by atoms with Crippen LogP contribution in [0.3, 0.4) is 0 Å². The molecule has 36 heavy (non-hydrogen) atoms. The number of likely N-dealkylation sites (tertiary alicyclic amines) is 2. The number of rotatable bonds is 5. The van der Waals surface area contributed by atoms with Crippen molar-refractivity contribution < 1.29 is 26.4 Å². The molecule has 4 heterocycles. The predicted octanol–water partition coefficient (Wildman–Crippen LogP) is 0.998. The van der Waals surface area contributed by atoms with E-state index in [4.69, 9.17) is 5.73 Å². The van der Waals surface area contributed by atoms with Gasteiger partial charge in [-0.1, -0.05) is 0 Å². The number of halogens is 3. The topological polar surface area (TPSA) is 105 Å². The first-order chi connectivity index (χ1) is 17.0. The largest absolute Gasteiger partial charge is 0.339 e. The Labute approximate surface area is 207 Å². The van der Waals surface area contributed by atoms with E-state index in [9.17, 15) is 22.0 Å². The molecule has 2 aromatic rings. The monoisotopic (exact) mass is 526 g/mol. The smallest absolute Gasteiger partial charge is 0.250 e. The molecule has 1 aromatic carbocycles. The summed E-state index contributed by atoms with van der Waals surface area (Å²) in [5, 5.41) is 4.19. The SMILES string of the molecule is CS(=O)(=O)n1cc2c(n1)CN(C1CC(N)CN(CC(=O)N3CC[C@@H](F)C3)C1c1cc(F)ccc1F)C2. The van der Waals surface area contributed by atoms with Crippen molar-refractivity contribution in [2.45, 2.75) is 50.2 Å². The van der Waals surface area contributed by atoms with Crippen molar-refractivity contribution in [1.82, 2.24) is 23.9 Å². The lowest BCUT2D eigenvalue weighted by molar-refractivity contribution is -0.133. The second-order valence-electron chi connectivity index (χ2n) is 9.97. The van der Waals surface area contributed by atoms with Gasteiger partial charge in [0.05, 0.1) is 31.1 Å². The second-order valence-corrected chi connectivity index (χ2v) is 11.8. The van der Waals surface area contributed by atoms with Crippen LogP contribution in [0.15, 0.2) is 24.4 Å². The predicted molar refractivity (Wildman–Crippen MR) is 125 cm³/mol. The number of carbonyl (C=O) groups excluding carboxylic acids is 1. The highest BCUT2D eigenvalue weighted by atomic mass is 32.2. The van der Waals surface area contributed by atoms with E-state index in [1.807, 2.05) is 4.90 Å². The van der Waals surface area contributed by atoms with Crippen LogP contribution in [0.4, 0.5) is 13.2 Å². The lowest BCUT2D eigenvalue weighted by atomic mass is 9.86. The molecule has 4 atom stereocenters. The van der Waals surface area contributed by atoms with Crippen LogP contribution in [0.25, 0.3) is 0 Å². The van der Waals surface area contributed by atoms with Gasteiger partial charge in [-0.25, -0.2) is 21.6 Å². The summed E-state index contributed by atoms with van der Waals surface area (Å²) in [4.78, 5) is 18.3. The standard InChI is InChI=1S/C23H29F3N6O3S/c1-36(34,35)32-9-14-8-30(12-20(14)28-32)21-7-17(27)11-31(13-22(33)29-5-4-16(25)10-29)23(21)18-6-15(24)2-3-19(18)26/h2-3,6,9,16-17,21,23H,4-5,7-8,10-13,27H2,1H3/t16-,17?,21?,23?/m1/s1. The van der Waals surface area contributed by atoms with Crippen LogP contribution >= 0.6 is 0 Å². The Hall–Kier alpha value is -2.48. The van der Waals surface area contributed by atoms with Gasteiger partial charge in [-0.2, -0.15) is 9.19 Å². The Balaban J connectivity index is 1.46. The van der Waals surface area contributed by atoms with Gasteiger partial charge in [-0.05, 0) is 31.0 Å². The lowest BCUT2D eigenvalue weighted by Crippen LogP contribution is -2.57. The van der Waals surface area contributed by atoms with E-state index in [2.05, 4.69) is 5.10 Å². The number of nitrogens with two attached hydrogens (primary N) is 1. The highest BCUT2D eigenvalue weighted by Crippen LogP contribution is 2.39.